The number of carbonyl (C=O) groups is 1. The molecule has 0 radical (unpaired) electrons. The SMILES string of the molecule is CCS(=O)(=O)c1ccc(C)c(NC(C)=O)c1. The Morgan fingerprint density at radius 3 is 2.50 bits per heavy atom. The van der Waals surface area contributed by atoms with Gasteiger partial charge in [0.25, 0.3) is 0 Å². The minimum absolute atomic E-state index is 0.0512. The van der Waals surface area contributed by atoms with E-state index in [1.54, 1.807) is 19.1 Å². The summed E-state index contributed by atoms with van der Waals surface area (Å²) in [4.78, 5) is 11.2. The van der Waals surface area contributed by atoms with Crippen LogP contribution in [0, 0.1) is 6.92 Å². The maximum atomic E-state index is 11.6. The van der Waals surface area contributed by atoms with Gasteiger partial charge in [0.15, 0.2) is 9.84 Å². The van der Waals surface area contributed by atoms with Crippen molar-refractivity contribution in [2.45, 2.75) is 25.7 Å². The highest BCUT2D eigenvalue weighted by Crippen LogP contribution is 2.20. The summed E-state index contributed by atoms with van der Waals surface area (Å²) in [6, 6.07) is 4.74. The zero-order valence-corrected chi connectivity index (χ0v) is 10.4. The fraction of sp³-hybridized carbons (Fsp3) is 0.364. The number of carbonyl (C=O) groups excluding carboxylic acids is 1. The van der Waals surface area contributed by atoms with E-state index in [4.69, 9.17) is 0 Å². The normalized spacial score (nSPS) is 11.2. The summed E-state index contributed by atoms with van der Waals surface area (Å²) in [5.74, 6) is -0.163. The maximum Gasteiger partial charge on any atom is 0.221 e. The van der Waals surface area contributed by atoms with Crippen LogP contribution in [0.3, 0.4) is 0 Å². The van der Waals surface area contributed by atoms with Crippen molar-refractivity contribution < 1.29 is 13.2 Å². The molecule has 4 nitrogen and oxygen atoms in total. The van der Waals surface area contributed by atoms with Gasteiger partial charge in [0.05, 0.1) is 10.6 Å². The Kier molecular flexibility index (Phi) is 3.70. The molecule has 0 spiro atoms. The van der Waals surface area contributed by atoms with Gasteiger partial charge in [0.2, 0.25) is 5.91 Å². The Morgan fingerprint density at radius 1 is 1.38 bits per heavy atom. The van der Waals surface area contributed by atoms with Crippen LogP contribution in [0.15, 0.2) is 23.1 Å². The molecule has 0 fully saturated rings. The summed E-state index contributed by atoms with van der Waals surface area (Å²) in [6.07, 6.45) is 0. The lowest BCUT2D eigenvalue weighted by molar-refractivity contribution is -0.114. The number of hydrogen-bond acceptors (Lipinski definition) is 3. The predicted octanol–water partition coefficient (Wildman–Crippen LogP) is 1.75. The average Bonchev–Trinajstić information content (AvgIpc) is 2.20. The zero-order valence-electron chi connectivity index (χ0n) is 9.57. The molecule has 0 atom stereocenters. The van der Waals surface area contributed by atoms with E-state index < -0.39 is 9.84 Å². The molecule has 0 heterocycles. The molecule has 0 aliphatic heterocycles. The third-order valence-electron chi connectivity index (χ3n) is 2.26. The van der Waals surface area contributed by atoms with Gasteiger partial charge in [-0.3, -0.25) is 4.79 Å². The van der Waals surface area contributed by atoms with Gasteiger partial charge in [-0.2, -0.15) is 0 Å². The molecular weight excluding hydrogens is 226 g/mol. The molecular formula is C11H15NO3S. The second-order valence-corrected chi connectivity index (χ2v) is 5.84. The molecule has 5 heteroatoms. The highest BCUT2D eigenvalue weighted by Gasteiger charge is 2.13. The number of rotatable bonds is 3. The van der Waals surface area contributed by atoms with E-state index in [1.165, 1.54) is 13.0 Å². The van der Waals surface area contributed by atoms with E-state index in [-0.39, 0.29) is 16.6 Å². The van der Waals surface area contributed by atoms with Crippen molar-refractivity contribution in [2.24, 2.45) is 0 Å². The third kappa shape index (κ3) is 2.82. The molecule has 1 aromatic rings. The standard InChI is InChI=1S/C11H15NO3S/c1-4-16(14,15)10-6-5-8(2)11(7-10)12-9(3)13/h5-7H,4H2,1-3H3,(H,12,13). The minimum Gasteiger partial charge on any atom is -0.326 e. The quantitative estimate of drug-likeness (QED) is 0.876. The van der Waals surface area contributed by atoms with Gasteiger partial charge in [0, 0.05) is 12.6 Å². The molecule has 0 aliphatic rings. The van der Waals surface area contributed by atoms with Gasteiger partial charge in [-0.25, -0.2) is 8.42 Å². The summed E-state index contributed by atoms with van der Waals surface area (Å²) < 4.78 is 23.3. The molecule has 1 rings (SSSR count). The van der Waals surface area contributed by atoms with Crippen LogP contribution in [0.1, 0.15) is 19.4 Å². The van der Waals surface area contributed by atoms with Crippen molar-refractivity contribution in [3.8, 4) is 0 Å². The van der Waals surface area contributed by atoms with Gasteiger partial charge >= 0.3 is 0 Å². The molecule has 0 bridgehead atoms. The minimum atomic E-state index is -3.22. The lowest BCUT2D eigenvalue weighted by Gasteiger charge is -2.09. The number of nitrogens with one attached hydrogen (secondary N) is 1. The van der Waals surface area contributed by atoms with E-state index in [0.29, 0.717) is 5.69 Å². The maximum absolute atomic E-state index is 11.6. The topological polar surface area (TPSA) is 63.2 Å². The van der Waals surface area contributed by atoms with Crippen LogP contribution in [0.5, 0.6) is 0 Å². The summed E-state index contributed by atoms with van der Waals surface area (Å²) in [5.41, 5.74) is 1.38. The fourth-order valence-electron chi connectivity index (χ4n) is 1.29. The van der Waals surface area contributed by atoms with E-state index in [9.17, 15) is 13.2 Å². The molecule has 1 aromatic carbocycles. The molecule has 1 N–H and O–H groups in total. The zero-order chi connectivity index (χ0) is 12.3. The van der Waals surface area contributed by atoms with Crippen LogP contribution in [0.2, 0.25) is 0 Å². The smallest absolute Gasteiger partial charge is 0.221 e. The molecule has 0 aromatic heterocycles. The number of benzene rings is 1. The third-order valence-corrected chi connectivity index (χ3v) is 3.99. The summed E-state index contributed by atoms with van der Waals surface area (Å²) in [5, 5.41) is 2.61. The van der Waals surface area contributed by atoms with Crippen LogP contribution < -0.4 is 5.32 Å². The van der Waals surface area contributed by atoms with Gasteiger partial charge in [0.1, 0.15) is 0 Å². The van der Waals surface area contributed by atoms with E-state index >= 15 is 0 Å². The van der Waals surface area contributed by atoms with E-state index in [2.05, 4.69) is 5.32 Å². The first-order valence-electron chi connectivity index (χ1n) is 4.98. The van der Waals surface area contributed by atoms with Gasteiger partial charge in [-0.15, -0.1) is 0 Å². The largest absolute Gasteiger partial charge is 0.326 e. The molecule has 0 aliphatic carbocycles. The Bertz CT molecular complexity index is 506. The summed E-state index contributed by atoms with van der Waals surface area (Å²) in [7, 11) is -3.22. The van der Waals surface area contributed by atoms with Gasteiger partial charge in [-0.05, 0) is 24.6 Å². The van der Waals surface area contributed by atoms with Crippen LogP contribution in [0.25, 0.3) is 0 Å². The van der Waals surface area contributed by atoms with Crippen molar-refractivity contribution in [3.63, 3.8) is 0 Å². The molecule has 0 saturated heterocycles. The van der Waals surface area contributed by atoms with Crippen molar-refractivity contribution in [2.75, 3.05) is 11.1 Å². The van der Waals surface area contributed by atoms with Crippen molar-refractivity contribution in [3.05, 3.63) is 23.8 Å². The number of aryl methyl sites for hydroxylation is 1. The number of amides is 1. The molecule has 88 valence electrons. The number of sulfone groups is 1. The average molecular weight is 241 g/mol. The lowest BCUT2D eigenvalue weighted by atomic mass is 10.2. The van der Waals surface area contributed by atoms with E-state index in [0.717, 1.165) is 5.56 Å². The van der Waals surface area contributed by atoms with Crippen LogP contribution >= 0.6 is 0 Å². The number of hydrogen-bond donors (Lipinski definition) is 1. The first-order chi connectivity index (χ1) is 7.36. The van der Waals surface area contributed by atoms with Crippen LogP contribution in [0.4, 0.5) is 5.69 Å². The first kappa shape index (κ1) is 12.7. The highest BCUT2D eigenvalue weighted by molar-refractivity contribution is 7.91. The summed E-state index contributed by atoms with van der Waals surface area (Å²) in [6.45, 7) is 4.79. The lowest BCUT2D eigenvalue weighted by Crippen LogP contribution is -2.09. The Morgan fingerprint density at radius 2 is 2.00 bits per heavy atom. The van der Waals surface area contributed by atoms with Gasteiger partial charge < -0.3 is 5.32 Å². The Hall–Kier alpha value is -1.36. The highest BCUT2D eigenvalue weighted by atomic mass is 32.2. The second kappa shape index (κ2) is 4.65. The molecule has 1 amide bonds. The molecule has 0 saturated carbocycles. The Labute approximate surface area is 95.6 Å². The monoisotopic (exact) mass is 241 g/mol. The molecule has 16 heavy (non-hydrogen) atoms. The van der Waals surface area contributed by atoms with Crippen molar-refractivity contribution in [1.82, 2.24) is 0 Å². The Balaban J connectivity index is 3.22. The predicted molar refractivity (Wildman–Crippen MR) is 63.2 cm³/mol. The van der Waals surface area contributed by atoms with Gasteiger partial charge in [-0.1, -0.05) is 13.0 Å². The van der Waals surface area contributed by atoms with Crippen molar-refractivity contribution in [1.29, 1.82) is 0 Å². The molecule has 0 unspecified atom stereocenters. The fourth-order valence-corrected chi connectivity index (χ4v) is 2.19. The van der Waals surface area contributed by atoms with E-state index in [1.807, 2.05) is 6.92 Å². The summed E-state index contributed by atoms with van der Waals surface area (Å²) >= 11 is 0. The number of anilines is 1. The van der Waals surface area contributed by atoms with Crippen LogP contribution in [-0.4, -0.2) is 20.1 Å². The second-order valence-electron chi connectivity index (χ2n) is 3.56. The first-order valence-corrected chi connectivity index (χ1v) is 6.63. The van der Waals surface area contributed by atoms with Crippen molar-refractivity contribution >= 4 is 21.4 Å². The van der Waals surface area contributed by atoms with Crippen LogP contribution in [-0.2, 0) is 14.6 Å².